The van der Waals surface area contributed by atoms with Crippen LogP contribution in [0.5, 0.6) is 0 Å². The number of anilines is 2. The predicted octanol–water partition coefficient (Wildman–Crippen LogP) is 3.32. The maximum absolute atomic E-state index is 11.3. The van der Waals surface area contributed by atoms with Crippen LogP contribution in [0.4, 0.5) is 11.4 Å². The van der Waals surface area contributed by atoms with Gasteiger partial charge in [-0.3, -0.25) is 4.79 Å². The molecule has 0 radical (unpaired) electrons. The molecule has 3 heteroatoms. The van der Waals surface area contributed by atoms with E-state index in [1.807, 2.05) is 12.1 Å². The number of nitrogens with two attached hydrogens (primary N) is 1. The first-order valence-corrected chi connectivity index (χ1v) is 6.35. The highest BCUT2D eigenvalue weighted by molar-refractivity contribution is 5.99. The van der Waals surface area contributed by atoms with Gasteiger partial charge < -0.3 is 11.1 Å². The van der Waals surface area contributed by atoms with E-state index in [0.717, 1.165) is 5.69 Å². The van der Waals surface area contributed by atoms with Gasteiger partial charge in [-0.05, 0) is 36.0 Å². The molecule has 0 unspecified atom stereocenters. The van der Waals surface area contributed by atoms with Crippen LogP contribution in [0.1, 0.15) is 45.0 Å². The van der Waals surface area contributed by atoms with E-state index >= 15 is 0 Å². The zero-order valence-electron chi connectivity index (χ0n) is 11.8. The highest BCUT2D eigenvalue weighted by Crippen LogP contribution is 2.63. The second-order valence-electron chi connectivity index (χ2n) is 6.38. The Morgan fingerprint density at radius 1 is 1.22 bits per heavy atom. The van der Waals surface area contributed by atoms with Gasteiger partial charge in [0.05, 0.1) is 0 Å². The minimum Gasteiger partial charge on any atom is -0.398 e. The third kappa shape index (κ3) is 1.78. The zero-order chi connectivity index (χ0) is 13.7. The van der Waals surface area contributed by atoms with Crippen molar-refractivity contribution in [3.05, 3.63) is 23.8 Å². The Hall–Kier alpha value is -1.51. The highest BCUT2D eigenvalue weighted by atomic mass is 16.1. The highest BCUT2D eigenvalue weighted by Gasteiger charge is 2.64. The number of benzene rings is 1. The molecule has 1 saturated carbocycles. The van der Waals surface area contributed by atoms with Crippen molar-refractivity contribution >= 4 is 17.2 Å². The van der Waals surface area contributed by atoms with Crippen molar-refractivity contribution in [3.63, 3.8) is 0 Å². The van der Waals surface area contributed by atoms with Crippen LogP contribution in [-0.2, 0) is 0 Å². The summed E-state index contributed by atoms with van der Waals surface area (Å²) in [5.41, 5.74) is 8.58. The van der Waals surface area contributed by atoms with Crippen molar-refractivity contribution in [1.82, 2.24) is 0 Å². The summed E-state index contributed by atoms with van der Waals surface area (Å²) in [6, 6.07) is 6.01. The zero-order valence-corrected chi connectivity index (χ0v) is 11.8. The fourth-order valence-electron chi connectivity index (χ4n) is 2.70. The molecule has 0 amide bonds. The van der Waals surface area contributed by atoms with Crippen LogP contribution >= 0.6 is 0 Å². The van der Waals surface area contributed by atoms with Crippen LogP contribution in [0.2, 0.25) is 0 Å². The third-order valence-corrected chi connectivity index (χ3v) is 4.76. The molecule has 98 valence electrons. The first kappa shape index (κ1) is 12.9. The molecule has 1 fully saturated rings. The van der Waals surface area contributed by atoms with Gasteiger partial charge in [0.2, 0.25) is 0 Å². The molecule has 0 heterocycles. The lowest BCUT2D eigenvalue weighted by Crippen LogP contribution is -2.11. The molecule has 3 nitrogen and oxygen atoms in total. The second kappa shape index (κ2) is 3.74. The van der Waals surface area contributed by atoms with Crippen molar-refractivity contribution < 1.29 is 4.79 Å². The van der Waals surface area contributed by atoms with Gasteiger partial charge in [0.25, 0.3) is 0 Å². The smallest absolute Gasteiger partial charge is 0.161 e. The lowest BCUT2D eigenvalue weighted by atomic mass is 10.0. The summed E-state index contributed by atoms with van der Waals surface area (Å²) in [5, 5.41) is 3.51. The maximum atomic E-state index is 11.3. The molecule has 18 heavy (non-hydrogen) atoms. The Balaban J connectivity index is 2.18. The monoisotopic (exact) mass is 246 g/mol. The van der Waals surface area contributed by atoms with Gasteiger partial charge in [0.15, 0.2) is 5.78 Å². The molecule has 3 N–H and O–H groups in total. The average molecular weight is 246 g/mol. The Kier molecular flexibility index (Phi) is 2.69. The minimum absolute atomic E-state index is 0.00568. The Labute approximate surface area is 109 Å². The third-order valence-electron chi connectivity index (χ3n) is 4.76. The van der Waals surface area contributed by atoms with Crippen LogP contribution in [-0.4, -0.2) is 11.8 Å². The SMILES string of the molecule is CC(=O)c1ccc(NC2C(C)(C)C2(C)C)cc1N. The molecule has 0 saturated heterocycles. The quantitative estimate of drug-likeness (QED) is 0.635. The molecule has 0 aromatic heterocycles. The summed E-state index contributed by atoms with van der Waals surface area (Å²) in [6.07, 6.45) is 0. The summed E-state index contributed by atoms with van der Waals surface area (Å²) in [6.45, 7) is 10.6. The number of nitrogen functional groups attached to an aromatic ring is 1. The van der Waals surface area contributed by atoms with Gasteiger partial charge in [-0.1, -0.05) is 27.7 Å². The number of Topliss-reactive ketones (excluding diaryl/α,β-unsaturated/α-hetero) is 1. The number of carbonyl (C=O) groups is 1. The molecule has 1 aliphatic carbocycles. The molecular weight excluding hydrogens is 224 g/mol. The van der Waals surface area contributed by atoms with E-state index in [9.17, 15) is 4.79 Å². The van der Waals surface area contributed by atoms with Crippen LogP contribution in [0.15, 0.2) is 18.2 Å². The van der Waals surface area contributed by atoms with E-state index in [2.05, 4.69) is 33.0 Å². The minimum atomic E-state index is 0.00568. The van der Waals surface area contributed by atoms with E-state index in [1.54, 1.807) is 6.07 Å². The lowest BCUT2D eigenvalue weighted by Gasteiger charge is -2.10. The van der Waals surface area contributed by atoms with E-state index in [0.29, 0.717) is 17.3 Å². The van der Waals surface area contributed by atoms with Crippen molar-refractivity contribution in [2.75, 3.05) is 11.1 Å². The number of rotatable bonds is 3. The number of hydrogen-bond donors (Lipinski definition) is 2. The van der Waals surface area contributed by atoms with E-state index in [1.165, 1.54) is 6.92 Å². The molecule has 1 aromatic rings. The van der Waals surface area contributed by atoms with Gasteiger partial charge >= 0.3 is 0 Å². The Bertz CT molecular complexity index is 489. The fraction of sp³-hybridized carbons (Fsp3) is 0.533. The number of hydrogen-bond acceptors (Lipinski definition) is 3. The number of carbonyl (C=O) groups excluding carboxylic acids is 1. The average Bonchev–Trinajstić information content (AvgIpc) is 2.60. The Morgan fingerprint density at radius 2 is 1.78 bits per heavy atom. The number of ketones is 1. The van der Waals surface area contributed by atoms with E-state index < -0.39 is 0 Å². The van der Waals surface area contributed by atoms with Crippen molar-refractivity contribution in [2.45, 2.75) is 40.7 Å². The van der Waals surface area contributed by atoms with Crippen LogP contribution in [0.25, 0.3) is 0 Å². The molecule has 0 aliphatic heterocycles. The summed E-state index contributed by atoms with van der Waals surface area (Å²) in [7, 11) is 0. The topological polar surface area (TPSA) is 55.1 Å². The van der Waals surface area contributed by atoms with E-state index in [-0.39, 0.29) is 16.6 Å². The van der Waals surface area contributed by atoms with Crippen LogP contribution < -0.4 is 11.1 Å². The lowest BCUT2D eigenvalue weighted by molar-refractivity contribution is 0.101. The van der Waals surface area contributed by atoms with Gasteiger partial charge in [0.1, 0.15) is 0 Å². The molecule has 1 aromatic carbocycles. The van der Waals surface area contributed by atoms with Gasteiger partial charge in [0, 0.05) is 23.0 Å². The molecular formula is C15H22N2O. The van der Waals surface area contributed by atoms with Gasteiger partial charge in [-0.25, -0.2) is 0 Å². The first-order chi connectivity index (χ1) is 8.18. The standard InChI is InChI=1S/C15H22N2O/c1-9(18)11-7-6-10(8-12(11)16)17-13-14(2,3)15(13,4)5/h6-8,13,17H,16H2,1-5H3. The summed E-state index contributed by atoms with van der Waals surface area (Å²) < 4.78 is 0. The Morgan fingerprint density at radius 3 is 2.17 bits per heavy atom. The van der Waals surface area contributed by atoms with Crippen molar-refractivity contribution in [3.8, 4) is 0 Å². The van der Waals surface area contributed by atoms with Crippen molar-refractivity contribution in [1.29, 1.82) is 0 Å². The number of nitrogens with one attached hydrogen (secondary N) is 1. The van der Waals surface area contributed by atoms with E-state index in [4.69, 9.17) is 5.73 Å². The van der Waals surface area contributed by atoms with Gasteiger partial charge in [-0.15, -0.1) is 0 Å². The largest absolute Gasteiger partial charge is 0.398 e. The normalized spacial score (nSPS) is 20.5. The summed E-state index contributed by atoms with van der Waals surface area (Å²) in [5.74, 6) is 0.00568. The molecule has 0 spiro atoms. The predicted molar refractivity (Wildman–Crippen MR) is 75.8 cm³/mol. The molecule has 0 bridgehead atoms. The summed E-state index contributed by atoms with van der Waals surface area (Å²) >= 11 is 0. The van der Waals surface area contributed by atoms with Crippen LogP contribution in [0.3, 0.4) is 0 Å². The summed E-state index contributed by atoms with van der Waals surface area (Å²) in [4.78, 5) is 11.3. The first-order valence-electron chi connectivity index (χ1n) is 6.35. The van der Waals surface area contributed by atoms with Gasteiger partial charge in [-0.2, -0.15) is 0 Å². The molecule has 0 atom stereocenters. The van der Waals surface area contributed by atoms with Crippen molar-refractivity contribution in [2.24, 2.45) is 10.8 Å². The van der Waals surface area contributed by atoms with Crippen LogP contribution in [0, 0.1) is 10.8 Å². The fourth-order valence-corrected chi connectivity index (χ4v) is 2.70. The maximum Gasteiger partial charge on any atom is 0.161 e. The molecule has 2 rings (SSSR count). The molecule has 1 aliphatic rings. The second-order valence-corrected chi connectivity index (χ2v) is 6.38.